The third-order valence-corrected chi connectivity index (χ3v) is 7.21. The van der Waals surface area contributed by atoms with E-state index >= 15 is 0 Å². The van der Waals surface area contributed by atoms with Gasteiger partial charge in [-0.3, -0.25) is 0 Å². The molecule has 3 aromatic heterocycles. The second kappa shape index (κ2) is 8.15. The quantitative estimate of drug-likeness (QED) is 0.249. The number of rotatable bonds is 3. The maximum Gasteiger partial charge on any atom is 0.180 e. The Bertz CT molecular complexity index is 2000. The van der Waals surface area contributed by atoms with Gasteiger partial charge in [-0.05, 0) is 47.0 Å². The van der Waals surface area contributed by atoms with Crippen LogP contribution in [0.15, 0.2) is 130 Å². The Balaban J connectivity index is 1.25. The first kappa shape index (κ1) is 20.9. The molecule has 0 bridgehead atoms. The van der Waals surface area contributed by atoms with E-state index in [9.17, 15) is 0 Å². The van der Waals surface area contributed by atoms with Gasteiger partial charge >= 0.3 is 0 Å². The Hall–Kier alpha value is -5.22. The summed E-state index contributed by atoms with van der Waals surface area (Å²) >= 11 is 0. The molecule has 0 spiro atoms. The molecular formula is C34H20N2O2. The number of hydrogen-bond acceptors (Lipinski definition) is 4. The normalized spacial score (nSPS) is 11.7. The number of furan rings is 2. The Kier molecular flexibility index (Phi) is 4.49. The van der Waals surface area contributed by atoms with Crippen LogP contribution in [0.5, 0.6) is 0 Å². The SMILES string of the molecule is c1cc(-c2cccc(-c3ncnc4c3oc3ccccc34)c2)cc(-c2cccc3c2oc2ccccc23)c1. The van der Waals surface area contributed by atoms with Crippen molar-refractivity contribution >= 4 is 44.0 Å². The van der Waals surface area contributed by atoms with Gasteiger partial charge in [-0.15, -0.1) is 0 Å². The van der Waals surface area contributed by atoms with Gasteiger partial charge in [0.2, 0.25) is 0 Å². The van der Waals surface area contributed by atoms with Crippen molar-refractivity contribution in [1.29, 1.82) is 0 Å². The lowest BCUT2D eigenvalue weighted by molar-refractivity contribution is 0.667. The highest BCUT2D eigenvalue weighted by Crippen LogP contribution is 2.38. The van der Waals surface area contributed by atoms with Crippen LogP contribution in [0.2, 0.25) is 0 Å². The summed E-state index contributed by atoms with van der Waals surface area (Å²) in [5.41, 5.74) is 10.3. The van der Waals surface area contributed by atoms with Crippen LogP contribution in [0.1, 0.15) is 0 Å². The van der Waals surface area contributed by atoms with E-state index in [-0.39, 0.29) is 0 Å². The van der Waals surface area contributed by atoms with E-state index in [1.807, 2.05) is 42.5 Å². The highest BCUT2D eigenvalue weighted by molar-refractivity contribution is 6.10. The molecule has 0 aliphatic rings. The molecule has 0 atom stereocenters. The van der Waals surface area contributed by atoms with Crippen molar-refractivity contribution in [2.24, 2.45) is 0 Å². The fourth-order valence-corrected chi connectivity index (χ4v) is 5.42. The van der Waals surface area contributed by atoms with E-state index in [1.54, 1.807) is 6.33 Å². The highest BCUT2D eigenvalue weighted by Gasteiger charge is 2.16. The van der Waals surface area contributed by atoms with E-state index in [2.05, 4.69) is 82.8 Å². The van der Waals surface area contributed by atoms with Gasteiger partial charge in [0.05, 0.1) is 0 Å². The molecule has 0 amide bonds. The molecule has 0 aliphatic carbocycles. The lowest BCUT2D eigenvalue weighted by atomic mass is 9.96. The lowest BCUT2D eigenvalue weighted by Gasteiger charge is -2.09. The summed E-state index contributed by atoms with van der Waals surface area (Å²) in [6.07, 6.45) is 1.61. The van der Waals surface area contributed by atoms with Crippen LogP contribution in [0.25, 0.3) is 77.5 Å². The van der Waals surface area contributed by atoms with E-state index < -0.39 is 0 Å². The van der Waals surface area contributed by atoms with E-state index in [4.69, 9.17) is 8.83 Å². The minimum atomic E-state index is 0.705. The van der Waals surface area contributed by atoms with Gasteiger partial charge in [-0.2, -0.15) is 0 Å². The molecule has 0 fully saturated rings. The molecule has 0 radical (unpaired) electrons. The molecule has 4 heteroatoms. The van der Waals surface area contributed by atoms with E-state index in [0.717, 1.165) is 71.9 Å². The second-order valence-electron chi connectivity index (χ2n) is 9.44. The van der Waals surface area contributed by atoms with E-state index in [0.29, 0.717) is 5.58 Å². The predicted molar refractivity (Wildman–Crippen MR) is 153 cm³/mol. The van der Waals surface area contributed by atoms with Crippen molar-refractivity contribution < 1.29 is 8.83 Å². The minimum absolute atomic E-state index is 0.705. The molecule has 0 unspecified atom stereocenters. The monoisotopic (exact) mass is 488 g/mol. The number of hydrogen-bond donors (Lipinski definition) is 0. The second-order valence-corrected chi connectivity index (χ2v) is 9.44. The Morgan fingerprint density at radius 1 is 0.447 bits per heavy atom. The Morgan fingerprint density at radius 2 is 1.05 bits per heavy atom. The number of benzene rings is 5. The third-order valence-electron chi connectivity index (χ3n) is 7.21. The van der Waals surface area contributed by atoms with Gasteiger partial charge in [-0.25, -0.2) is 9.97 Å². The molecule has 3 heterocycles. The molecule has 8 rings (SSSR count). The molecule has 0 aliphatic heterocycles. The summed E-state index contributed by atoms with van der Waals surface area (Å²) in [6, 6.07) is 39.5. The third kappa shape index (κ3) is 3.17. The van der Waals surface area contributed by atoms with Gasteiger partial charge in [0.15, 0.2) is 5.58 Å². The van der Waals surface area contributed by atoms with Gasteiger partial charge in [0, 0.05) is 27.3 Å². The topological polar surface area (TPSA) is 52.1 Å². The van der Waals surface area contributed by atoms with Crippen molar-refractivity contribution in [2.45, 2.75) is 0 Å². The minimum Gasteiger partial charge on any atom is -0.455 e. The average molecular weight is 489 g/mol. The van der Waals surface area contributed by atoms with Crippen LogP contribution in [0.4, 0.5) is 0 Å². The van der Waals surface area contributed by atoms with Crippen LogP contribution in [-0.4, -0.2) is 9.97 Å². The summed E-state index contributed by atoms with van der Waals surface area (Å²) in [7, 11) is 0. The summed E-state index contributed by atoms with van der Waals surface area (Å²) in [4.78, 5) is 9.12. The number of fused-ring (bicyclic) bond motifs is 6. The Morgan fingerprint density at radius 3 is 1.89 bits per heavy atom. The van der Waals surface area contributed by atoms with Crippen LogP contribution >= 0.6 is 0 Å². The van der Waals surface area contributed by atoms with Crippen LogP contribution in [-0.2, 0) is 0 Å². The first-order valence-corrected chi connectivity index (χ1v) is 12.6. The van der Waals surface area contributed by atoms with Gasteiger partial charge in [-0.1, -0.05) is 84.9 Å². The van der Waals surface area contributed by atoms with Crippen molar-refractivity contribution in [3.8, 4) is 33.5 Å². The summed E-state index contributed by atoms with van der Waals surface area (Å²) in [5, 5.41) is 3.26. The molecule has 0 saturated carbocycles. The zero-order chi connectivity index (χ0) is 25.1. The molecule has 38 heavy (non-hydrogen) atoms. The number of para-hydroxylation sites is 3. The van der Waals surface area contributed by atoms with Crippen molar-refractivity contribution in [2.75, 3.05) is 0 Å². The highest BCUT2D eigenvalue weighted by atomic mass is 16.3. The summed E-state index contributed by atoms with van der Waals surface area (Å²) < 4.78 is 12.5. The lowest BCUT2D eigenvalue weighted by Crippen LogP contribution is -1.88. The van der Waals surface area contributed by atoms with Gasteiger partial charge in [0.1, 0.15) is 34.3 Å². The molecule has 8 aromatic rings. The molecule has 0 saturated heterocycles. The van der Waals surface area contributed by atoms with Crippen LogP contribution in [0, 0.1) is 0 Å². The van der Waals surface area contributed by atoms with Gasteiger partial charge < -0.3 is 8.83 Å². The molecular weight excluding hydrogens is 468 g/mol. The predicted octanol–water partition coefficient (Wildman–Crippen LogP) is 9.28. The Labute approximate surface area is 217 Å². The average Bonchev–Trinajstić information content (AvgIpc) is 3.56. The smallest absolute Gasteiger partial charge is 0.180 e. The standard InChI is InChI=1S/C34H20N2O2/c1-3-16-29-26(12-1)27-15-7-14-25(33(27)37-29)23-10-5-8-21(18-23)22-9-6-11-24(19-22)31-34-32(36-20-35-31)28-13-2-4-17-30(28)38-34/h1-20H. The fourth-order valence-electron chi connectivity index (χ4n) is 5.42. The fraction of sp³-hybridized carbons (Fsp3) is 0. The van der Waals surface area contributed by atoms with Crippen LogP contribution in [0.3, 0.4) is 0 Å². The summed E-state index contributed by atoms with van der Waals surface area (Å²) in [6.45, 7) is 0. The van der Waals surface area contributed by atoms with E-state index in [1.165, 1.54) is 0 Å². The maximum atomic E-state index is 6.30. The molecule has 178 valence electrons. The zero-order valence-electron chi connectivity index (χ0n) is 20.3. The largest absolute Gasteiger partial charge is 0.455 e. The van der Waals surface area contributed by atoms with Gasteiger partial charge in [0.25, 0.3) is 0 Å². The van der Waals surface area contributed by atoms with Crippen molar-refractivity contribution in [3.05, 3.63) is 122 Å². The number of aromatic nitrogens is 2. The first-order valence-electron chi connectivity index (χ1n) is 12.6. The summed E-state index contributed by atoms with van der Waals surface area (Å²) in [5.74, 6) is 0. The van der Waals surface area contributed by atoms with Crippen molar-refractivity contribution in [1.82, 2.24) is 9.97 Å². The number of nitrogens with zero attached hydrogens (tertiary/aromatic N) is 2. The first-order chi connectivity index (χ1) is 18.8. The molecule has 0 N–H and O–H groups in total. The van der Waals surface area contributed by atoms with Crippen LogP contribution < -0.4 is 0 Å². The molecule has 4 nitrogen and oxygen atoms in total. The van der Waals surface area contributed by atoms with Crippen molar-refractivity contribution in [3.63, 3.8) is 0 Å². The maximum absolute atomic E-state index is 6.30. The zero-order valence-corrected chi connectivity index (χ0v) is 20.3. The molecule has 5 aromatic carbocycles.